The fourth-order valence-corrected chi connectivity index (χ4v) is 1.14. The van der Waals surface area contributed by atoms with Crippen LogP contribution in [0.15, 0.2) is 16.7 Å². The number of carboxylic acids is 1. The number of nitrogens with one attached hydrogen (secondary N) is 1. The summed E-state index contributed by atoms with van der Waals surface area (Å²) in [5, 5.41) is 8.31. The molecule has 0 bridgehead atoms. The van der Waals surface area contributed by atoms with Gasteiger partial charge in [0.2, 0.25) is 0 Å². The summed E-state index contributed by atoms with van der Waals surface area (Å²) < 4.78 is 5.09. The highest BCUT2D eigenvalue weighted by atomic mass is 16.7. The van der Waals surface area contributed by atoms with Crippen LogP contribution in [-0.4, -0.2) is 35.7 Å². The van der Waals surface area contributed by atoms with Crippen molar-refractivity contribution in [3.63, 3.8) is 0 Å². The molecule has 0 unspecified atom stereocenters. The minimum Gasteiger partial charge on any atom is -0.479 e. The fraction of sp³-hybridized carbons (Fsp3) is 0.400. The van der Waals surface area contributed by atoms with Gasteiger partial charge in [-0.1, -0.05) is 0 Å². The zero-order chi connectivity index (χ0) is 12.8. The van der Waals surface area contributed by atoms with Crippen LogP contribution in [0.4, 0.5) is 4.79 Å². The van der Waals surface area contributed by atoms with Crippen molar-refractivity contribution in [1.82, 2.24) is 10.4 Å². The van der Waals surface area contributed by atoms with Crippen LogP contribution < -0.4 is 5.48 Å². The summed E-state index contributed by atoms with van der Waals surface area (Å²) in [5.74, 6) is -0.422. The van der Waals surface area contributed by atoms with Crippen molar-refractivity contribution in [3.05, 3.63) is 23.7 Å². The van der Waals surface area contributed by atoms with Crippen molar-refractivity contribution in [2.24, 2.45) is 0 Å². The second-order valence-corrected chi connectivity index (χ2v) is 3.45. The lowest BCUT2D eigenvalue weighted by atomic mass is 10.2. The number of hydrogen-bond donors (Lipinski definition) is 2. The maximum absolute atomic E-state index is 11.4. The normalized spacial score (nSPS) is 10.0. The topological polar surface area (TPSA) is 92.0 Å². The van der Waals surface area contributed by atoms with E-state index in [1.165, 1.54) is 11.2 Å². The lowest BCUT2D eigenvalue weighted by Crippen LogP contribution is -2.37. The molecule has 0 saturated carbocycles. The highest BCUT2D eigenvalue weighted by Gasteiger charge is 2.11. The average molecular weight is 242 g/mol. The van der Waals surface area contributed by atoms with Crippen molar-refractivity contribution < 1.29 is 24.0 Å². The molecular formula is C10H14N2O5. The van der Waals surface area contributed by atoms with Gasteiger partial charge in [0.25, 0.3) is 0 Å². The number of carbonyl (C=O) groups excluding carboxylic acids is 1. The number of rotatable bonds is 5. The summed E-state index contributed by atoms with van der Waals surface area (Å²) in [6.45, 7) is 1.57. The Morgan fingerprint density at radius 1 is 1.59 bits per heavy atom. The molecular weight excluding hydrogens is 228 g/mol. The molecule has 0 aliphatic carbocycles. The molecule has 94 valence electrons. The van der Waals surface area contributed by atoms with Crippen molar-refractivity contribution in [3.8, 4) is 0 Å². The van der Waals surface area contributed by atoms with Gasteiger partial charge in [-0.05, 0) is 13.0 Å². The molecule has 0 saturated heterocycles. The Morgan fingerprint density at radius 2 is 2.29 bits per heavy atom. The number of furan rings is 1. The predicted octanol–water partition coefficient (Wildman–Crippen LogP) is 0.746. The second-order valence-electron chi connectivity index (χ2n) is 3.45. The van der Waals surface area contributed by atoms with E-state index in [1.807, 2.05) is 5.48 Å². The number of urea groups is 1. The molecule has 17 heavy (non-hydrogen) atoms. The first kappa shape index (κ1) is 13.0. The number of carboxylic acid groups (broad SMARTS) is 1. The van der Waals surface area contributed by atoms with E-state index in [-0.39, 0.29) is 0 Å². The molecule has 1 heterocycles. The first-order valence-electron chi connectivity index (χ1n) is 4.88. The SMILES string of the molecule is Cc1occc1CN(C)C(=O)NOCC(=O)O. The summed E-state index contributed by atoms with van der Waals surface area (Å²) in [6, 6.07) is 1.24. The molecule has 1 aromatic rings. The highest BCUT2D eigenvalue weighted by Crippen LogP contribution is 2.10. The van der Waals surface area contributed by atoms with Gasteiger partial charge in [0, 0.05) is 12.6 Å². The van der Waals surface area contributed by atoms with Crippen LogP contribution in [0.5, 0.6) is 0 Å². The standard InChI is InChI=1S/C10H14N2O5/c1-7-8(3-4-16-7)5-12(2)10(15)11-17-6-9(13)14/h3-4H,5-6H2,1-2H3,(H,11,15)(H,13,14). The third-order valence-corrected chi connectivity index (χ3v) is 2.08. The van der Waals surface area contributed by atoms with Gasteiger partial charge in [0.05, 0.1) is 12.8 Å². The fourth-order valence-electron chi connectivity index (χ4n) is 1.14. The summed E-state index contributed by atoms with van der Waals surface area (Å²) in [4.78, 5) is 27.4. The second kappa shape index (κ2) is 5.90. The third-order valence-electron chi connectivity index (χ3n) is 2.08. The summed E-state index contributed by atoms with van der Waals surface area (Å²) >= 11 is 0. The van der Waals surface area contributed by atoms with Crippen LogP contribution in [0, 0.1) is 6.92 Å². The predicted molar refractivity (Wildman–Crippen MR) is 57.0 cm³/mol. The molecule has 0 spiro atoms. The van der Waals surface area contributed by atoms with Gasteiger partial charge in [0.15, 0.2) is 6.61 Å². The van der Waals surface area contributed by atoms with Crippen molar-refractivity contribution in [2.75, 3.05) is 13.7 Å². The van der Waals surface area contributed by atoms with Gasteiger partial charge >= 0.3 is 12.0 Å². The number of hydroxylamine groups is 1. The van der Waals surface area contributed by atoms with Gasteiger partial charge < -0.3 is 14.4 Å². The van der Waals surface area contributed by atoms with E-state index < -0.39 is 18.6 Å². The summed E-state index contributed by atoms with van der Waals surface area (Å²) in [7, 11) is 1.56. The zero-order valence-electron chi connectivity index (χ0n) is 9.60. The lowest BCUT2D eigenvalue weighted by Gasteiger charge is -2.16. The molecule has 7 heteroatoms. The smallest absolute Gasteiger partial charge is 0.341 e. The highest BCUT2D eigenvalue weighted by molar-refractivity contribution is 5.73. The van der Waals surface area contributed by atoms with Gasteiger partial charge in [0.1, 0.15) is 5.76 Å². The Balaban J connectivity index is 2.37. The number of carbonyl (C=O) groups is 2. The first-order chi connectivity index (χ1) is 8.00. The molecule has 0 radical (unpaired) electrons. The van der Waals surface area contributed by atoms with Crippen LogP contribution in [0.25, 0.3) is 0 Å². The maximum atomic E-state index is 11.4. The van der Waals surface area contributed by atoms with Crippen molar-refractivity contribution >= 4 is 12.0 Å². The van der Waals surface area contributed by atoms with Gasteiger partial charge in [-0.25, -0.2) is 15.1 Å². The number of hydrogen-bond acceptors (Lipinski definition) is 4. The molecule has 2 amide bonds. The lowest BCUT2D eigenvalue weighted by molar-refractivity contribution is -0.144. The van der Waals surface area contributed by atoms with Crippen molar-refractivity contribution in [1.29, 1.82) is 0 Å². The molecule has 0 atom stereocenters. The number of aryl methyl sites for hydroxylation is 1. The van der Waals surface area contributed by atoms with Crippen LogP contribution in [0.3, 0.4) is 0 Å². The molecule has 0 aliphatic rings. The summed E-state index contributed by atoms with van der Waals surface area (Å²) in [6.07, 6.45) is 1.54. The number of nitrogens with zero attached hydrogens (tertiary/aromatic N) is 1. The quantitative estimate of drug-likeness (QED) is 0.743. The number of amides is 2. The monoisotopic (exact) mass is 242 g/mol. The minimum atomic E-state index is -1.15. The Hall–Kier alpha value is -2.02. The largest absolute Gasteiger partial charge is 0.479 e. The van der Waals surface area contributed by atoms with Crippen LogP contribution in [0.1, 0.15) is 11.3 Å². The number of aliphatic carboxylic acids is 1. The van der Waals surface area contributed by atoms with E-state index in [9.17, 15) is 9.59 Å². The molecule has 1 rings (SSSR count). The Bertz CT molecular complexity index is 401. The molecule has 2 N–H and O–H groups in total. The molecule has 0 aromatic carbocycles. The van der Waals surface area contributed by atoms with Crippen LogP contribution in [-0.2, 0) is 16.2 Å². The van der Waals surface area contributed by atoms with E-state index in [2.05, 4.69) is 4.84 Å². The van der Waals surface area contributed by atoms with Crippen LogP contribution in [0.2, 0.25) is 0 Å². The molecule has 0 fully saturated rings. The van der Waals surface area contributed by atoms with Crippen LogP contribution >= 0.6 is 0 Å². The molecule has 1 aromatic heterocycles. The average Bonchev–Trinajstić information content (AvgIpc) is 2.63. The van der Waals surface area contributed by atoms with Gasteiger partial charge in [-0.3, -0.25) is 4.84 Å². The zero-order valence-corrected chi connectivity index (χ0v) is 9.60. The van der Waals surface area contributed by atoms with E-state index in [0.29, 0.717) is 6.54 Å². The molecule has 7 nitrogen and oxygen atoms in total. The Morgan fingerprint density at radius 3 is 2.82 bits per heavy atom. The van der Waals surface area contributed by atoms with E-state index in [4.69, 9.17) is 9.52 Å². The minimum absolute atomic E-state index is 0.352. The van der Waals surface area contributed by atoms with Gasteiger partial charge in [-0.2, -0.15) is 0 Å². The Kier molecular flexibility index (Phi) is 4.53. The van der Waals surface area contributed by atoms with E-state index >= 15 is 0 Å². The van der Waals surface area contributed by atoms with E-state index in [0.717, 1.165) is 11.3 Å². The molecule has 0 aliphatic heterocycles. The van der Waals surface area contributed by atoms with Crippen molar-refractivity contribution in [2.45, 2.75) is 13.5 Å². The third kappa shape index (κ3) is 4.15. The maximum Gasteiger partial charge on any atom is 0.341 e. The first-order valence-corrected chi connectivity index (χ1v) is 4.88. The van der Waals surface area contributed by atoms with E-state index in [1.54, 1.807) is 20.0 Å². The summed E-state index contributed by atoms with van der Waals surface area (Å²) in [5.41, 5.74) is 2.90. The van der Waals surface area contributed by atoms with Gasteiger partial charge in [-0.15, -0.1) is 0 Å². The Labute approximate surface area is 97.9 Å².